The van der Waals surface area contributed by atoms with Crippen LogP contribution < -0.4 is 5.32 Å². The molecule has 124 valence electrons. The Labute approximate surface area is 140 Å². The number of carbonyl (C=O) groups is 1. The molecule has 0 aliphatic carbocycles. The second-order valence-corrected chi connectivity index (χ2v) is 8.04. The lowest BCUT2D eigenvalue weighted by Gasteiger charge is -2.35. The number of nitrogens with one attached hydrogen (secondary N) is 1. The maximum atomic E-state index is 12.6. The average Bonchev–Trinajstić information content (AvgIpc) is 2.77. The first-order chi connectivity index (χ1) is 11.0. The van der Waals surface area contributed by atoms with E-state index >= 15 is 0 Å². The van der Waals surface area contributed by atoms with E-state index in [-0.39, 0.29) is 24.2 Å². The van der Waals surface area contributed by atoms with Gasteiger partial charge in [-0.25, -0.2) is 4.79 Å². The fourth-order valence-corrected chi connectivity index (χ4v) is 4.48. The summed E-state index contributed by atoms with van der Waals surface area (Å²) in [6.45, 7) is 1.91. The van der Waals surface area contributed by atoms with E-state index in [9.17, 15) is 9.00 Å². The van der Waals surface area contributed by atoms with E-state index in [2.05, 4.69) is 35.7 Å². The number of urea groups is 1. The molecule has 4 nitrogen and oxygen atoms in total. The van der Waals surface area contributed by atoms with Gasteiger partial charge in [0.15, 0.2) is 0 Å². The molecule has 2 amide bonds. The Hall–Kier alpha value is -1.62. The maximum Gasteiger partial charge on any atom is 0.318 e. The minimum absolute atomic E-state index is 0.0150. The average molecular weight is 332 g/mol. The summed E-state index contributed by atoms with van der Waals surface area (Å²) in [5.74, 6) is 0.500. The van der Waals surface area contributed by atoms with Crippen LogP contribution in [0.3, 0.4) is 0 Å². The Morgan fingerprint density at radius 2 is 2.09 bits per heavy atom. The van der Waals surface area contributed by atoms with Crippen LogP contribution in [-0.2, 0) is 10.8 Å². The van der Waals surface area contributed by atoms with Crippen LogP contribution in [0.2, 0.25) is 0 Å². The minimum Gasteiger partial charge on any atom is -0.335 e. The summed E-state index contributed by atoms with van der Waals surface area (Å²) in [5, 5.41) is 3.00. The van der Waals surface area contributed by atoms with E-state index in [1.54, 1.807) is 6.26 Å². The second kappa shape index (κ2) is 6.87. The number of hydrogen-bond donors (Lipinski definition) is 1. The predicted octanol–water partition coefficient (Wildman–Crippen LogP) is 2.78. The molecule has 1 aromatic carbocycles. The molecule has 2 aliphatic rings. The van der Waals surface area contributed by atoms with E-state index in [0.717, 1.165) is 19.3 Å². The highest BCUT2D eigenvalue weighted by atomic mass is 32.2. The molecule has 1 fully saturated rings. The molecule has 0 saturated carbocycles. The summed E-state index contributed by atoms with van der Waals surface area (Å²) in [7, 11) is -0.895. The van der Waals surface area contributed by atoms with Crippen LogP contribution in [0.1, 0.15) is 31.7 Å². The highest BCUT2D eigenvalue weighted by molar-refractivity contribution is 7.84. The molecule has 0 unspecified atom stereocenters. The van der Waals surface area contributed by atoms with Crippen LogP contribution in [0.15, 0.2) is 36.4 Å². The summed E-state index contributed by atoms with van der Waals surface area (Å²) in [6, 6.07) is 10.8. The van der Waals surface area contributed by atoms with Gasteiger partial charge in [-0.15, -0.1) is 0 Å². The first-order valence-electron chi connectivity index (χ1n) is 8.19. The number of rotatable bonds is 4. The molecule has 5 heteroatoms. The highest BCUT2D eigenvalue weighted by Crippen LogP contribution is 2.38. The van der Waals surface area contributed by atoms with Crippen LogP contribution in [0, 0.1) is 0 Å². The number of benzene rings is 1. The van der Waals surface area contributed by atoms with Crippen LogP contribution in [0.25, 0.3) is 5.57 Å². The van der Waals surface area contributed by atoms with Crippen molar-refractivity contribution >= 4 is 22.4 Å². The Bertz CT molecular complexity index is 629. The molecule has 2 aliphatic heterocycles. The third kappa shape index (κ3) is 3.66. The van der Waals surface area contributed by atoms with Gasteiger partial charge in [-0.05, 0) is 37.3 Å². The largest absolute Gasteiger partial charge is 0.335 e. The summed E-state index contributed by atoms with van der Waals surface area (Å²) in [4.78, 5) is 14.6. The molecule has 1 N–H and O–H groups in total. The van der Waals surface area contributed by atoms with Crippen molar-refractivity contribution in [3.8, 4) is 0 Å². The van der Waals surface area contributed by atoms with Gasteiger partial charge in [-0.1, -0.05) is 36.4 Å². The molecule has 3 rings (SSSR count). The monoisotopic (exact) mass is 332 g/mol. The Balaban J connectivity index is 1.71. The molecule has 0 aromatic heterocycles. The van der Waals surface area contributed by atoms with Gasteiger partial charge in [0, 0.05) is 34.9 Å². The number of carbonyl (C=O) groups excluding carboxylic acids is 1. The molecule has 23 heavy (non-hydrogen) atoms. The highest BCUT2D eigenvalue weighted by Gasteiger charge is 2.39. The lowest BCUT2D eigenvalue weighted by atomic mass is 9.95. The fraction of sp³-hybridized carbons (Fsp3) is 0.500. The van der Waals surface area contributed by atoms with Crippen LogP contribution in [0.4, 0.5) is 4.79 Å². The topological polar surface area (TPSA) is 49.4 Å². The van der Waals surface area contributed by atoms with Crippen LogP contribution in [0.5, 0.6) is 0 Å². The molecule has 1 saturated heterocycles. The Morgan fingerprint density at radius 3 is 2.74 bits per heavy atom. The number of fused-ring (bicyclic) bond motifs is 2. The zero-order chi connectivity index (χ0) is 16.4. The van der Waals surface area contributed by atoms with Crippen molar-refractivity contribution < 1.29 is 9.00 Å². The third-order valence-electron chi connectivity index (χ3n) is 4.63. The van der Waals surface area contributed by atoms with Gasteiger partial charge in [-0.3, -0.25) is 4.21 Å². The summed E-state index contributed by atoms with van der Waals surface area (Å²) in [6.07, 6.45) is 6.92. The Kier molecular flexibility index (Phi) is 4.85. The van der Waals surface area contributed by atoms with E-state index in [1.807, 2.05) is 17.9 Å². The van der Waals surface area contributed by atoms with E-state index in [1.165, 1.54) is 11.1 Å². The van der Waals surface area contributed by atoms with Gasteiger partial charge < -0.3 is 10.2 Å². The van der Waals surface area contributed by atoms with E-state index < -0.39 is 10.8 Å². The zero-order valence-corrected chi connectivity index (χ0v) is 14.5. The maximum absolute atomic E-state index is 12.6. The summed E-state index contributed by atoms with van der Waals surface area (Å²) < 4.78 is 11.3. The fourth-order valence-electron chi connectivity index (χ4n) is 3.69. The SMILES string of the molecule is C[C@@H](C[S@](C)=O)NC(=O)N1[C@@H]2CC[C@@H]1C=C(c1ccccc1)C2. The first kappa shape index (κ1) is 16.2. The standard InChI is InChI=1S/C18H24N2O2S/c1-13(12-23(2)22)19-18(21)20-16-8-9-17(20)11-15(10-16)14-6-4-3-5-7-14/h3-7,10,13,16-17H,8-9,11-12H2,1-2H3,(H,19,21)/t13-,16+,17+,23-/m0/s1. The van der Waals surface area contributed by atoms with Gasteiger partial charge >= 0.3 is 6.03 Å². The normalized spacial score (nSPS) is 25.7. The molecule has 2 bridgehead atoms. The lowest BCUT2D eigenvalue weighted by Crippen LogP contribution is -2.51. The van der Waals surface area contributed by atoms with Crippen molar-refractivity contribution in [1.82, 2.24) is 10.2 Å². The van der Waals surface area contributed by atoms with E-state index in [0.29, 0.717) is 5.75 Å². The van der Waals surface area contributed by atoms with Crippen molar-refractivity contribution in [2.75, 3.05) is 12.0 Å². The van der Waals surface area contributed by atoms with Crippen molar-refractivity contribution in [2.45, 2.75) is 44.3 Å². The number of amides is 2. The Morgan fingerprint density at radius 1 is 1.35 bits per heavy atom. The molecule has 1 aromatic rings. The van der Waals surface area contributed by atoms with Crippen LogP contribution >= 0.6 is 0 Å². The molecule has 4 atom stereocenters. The molecule has 0 radical (unpaired) electrons. The number of nitrogens with zero attached hydrogens (tertiary/aromatic N) is 1. The molecular weight excluding hydrogens is 308 g/mol. The van der Waals surface area contributed by atoms with Crippen molar-refractivity contribution in [1.29, 1.82) is 0 Å². The first-order valence-corrected chi connectivity index (χ1v) is 9.92. The van der Waals surface area contributed by atoms with Gasteiger partial charge in [-0.2, -0.15) is 0 Å². The molecular formula is C18H24N2O2S. The number of hydrogen-bond acceptors (Lipinski definition) is 2. The van der Waals surface area contributed by atoms with Crippen molar-refractivity contribution in [3.63, 3.8) is 0 Å². The van der Waals surface area contributed by atoms with Gasteiger partial charge in [0.1, 0.15) is 0 Å². The summed E-state index contributed by atoms with van der Waals surface area (Å²) >= 11 is 0. The predicted molar refractivity (Wildman–Crippen MR) is 94.6 cm³/mol. The van der Waals surface area contributed by atoms with Crippen molar-refractivity contribution in [3.05, 3.63) is 42.0 Å². The van der Waals surface area contributed by atoms with Gasteiger partial charge in [0.2, 0.25) is 0 Å². The van der Waals surface area contributed by atoms with Crippen LogP contribution in [-0.4, -0.2) is 45.3 Å². The molecule has 0 spiro atoms. The third-order valence-corrected chi connectivity index (χ3v) is 5.60. The quantitative estimate of drug-likeness (QED) is 0.922. The van der Waals surface area contributed by atoms with Gasteiger partial charge in [0.05, 0.1) is 6.04 Å². The molecule has 2 heterocycles. The second-order valence-electron chi connectivity index (χ2n) is 6.56. The minimum atomic E-state index is -0.895. The lowest BCUT2D eigenvalue weighted by molar-refractivity contribution is 0.177. The zero-order valence-electron chi connectivity index (χ0n) is 13.7. The van der Waals surface area contributed by atoms with Crippen molar-refractivity contribution in [2.24, 2.45) is 0 Å². The smallest absolute Gasteiger partial charge is 0.318 e. The van der Waals surface area contributed by atoms with Gasteiger partial charge in [0.25, 0.3) is 0 Å². The van der Waals surface area contributed by atoms with E-state index in [4.69, 9.17) is 0 Å². The summed E-state index contributed by atoms with van der Waals surface area (Å²) in [5.41, 5.74) is 2.61.